The number of nitrogens with one attached hydrogen (secondary N) is 1. The van der Waals surface area contributed by atoms with Gasteiger partial charge in [-0.05, 0) is 43.9 Å². The van der Waals surface area contributed by atoms with E-state index in [1.807, 2.05) is 13.1 Å². The predicted octanol–water partition coefficient (Wildman–Crippen LogP) is 2.65. The van der Waals surface area contributed by atoms with Crippen LogP contribution in [0.4, 0.5) is 0 Å². The van der Waals surface area contributed by atoms with Gasteiger partial charge in [-0.15, -0.1) is 0 Å². The van der Waals surface area contributed by atoms with Crippen LogP contribution in [0.15, 0.2) is 24.3 Å². The van der Waals surface area contributed by atoms with E-state index in [-0.39, 0.29) is 6.04 Å². The smallest absolute Gasteiger partial charge is 0.151 e. The minimum absolute atomic E-state index is 0.133. The SMILES string of the molecule is CNC(c1ccccc1C1CCC1)C(C)S(C)(=O)=O. The van der Waals surface area contributed by atoms with Gasteiger partial charge >= 0.3 is 0 Å². The van der Waals surface area contributed by atoms with Crippen LogP contribution in [-0.4, -0.2) is 27.0 Å². The van der Waals surface area contributed by atoms with Crippen LogP contribution in [0, 0.1) is 0 Å². The van der Waals surface area contributed by atoms with Crippen LogP contribution in [-0.2, 0) is 9.84 Å². The molecule has 1 aromatic carbocycles. The van der Waals surface area contributed by atoms with E-state index in [4.69, 9.17) is 0 Å². The molecule has 2 rings (SSSR count). The Labute approximate surface area is 116 Å². The topological polar surface area (TPSA) is 46.2 Å². The largest absolute Gasteiger partial charge is 0.312 e. The van der Waals surface area contributed by atoms with E-state index in [0.717, 1.165) is 5.56 Å². The summed E-state index contributed by atoms with van der Waals surface area (Å²) in [5.41, 5.74) is 2.47. The van der Waals surface area contributed by atoms with Gasteiger partial charge in [-0.3, -0.25) is 0 Å². The van der Waals surface area contributed by atoms with Gasteiger partial charge in [-0.2, -0.15) is 0 Å². The Morgan fingerprint density at radius 2 is 1.89 bits per heavy atom. The van der Waals surface area contributed by atoms with Crippen molar-refractivity contribution in [3.05, 3.63) is 35.4 Å². The van der Waals surface area contributed by atoms with Crippen molar-refractivity contribution in [3.8, 4) is 0 Å². The van der Waals surface area contributed by atoms with Crippen LogP contribution < -0.4 is 5.32 Å². The lowest BCUT2D eigenvalue weighted by Gasteiger charge is -2.32. The molecule has 1 aromatic rings. The zero-order valence-corrected chi connectivity index (χ0v) is 12.7. The normalized spacial score (nSPS) is 19.7. The minimum atomic E-state index is -3.06. The summed E-state index contributed by atoms with van der Waals surface area (Å²) in [6.45, 7) is 1.79. The molecule has 2 atom stereocenters. The molecule has 0 aliphatic heterocycles. The Kier molecular flexibility index (Phi) is 4.31. The van der Waals surface area contributed by atoms with Crippen molar-refractivity contribution in [1.82, 2.24) is 5.32 Å². The third-order valence-electron chi connectivity index (χ3n) is 4.33. The van der Waals surface area contributed by atoms with E-state index in [2.05, 4.69) is 23.5 Å². The summed E-state index contributed by atoms with van der Waals surface area (Å²) in [6, 6.07) is 8.13. The predicted molar refractivity (Wildman–Crippen MR) is 79.1 cm³/mol. The molecule has 19 heavy (non-hydrogen) atoms. The number of sulfone groups is 1. The lowest BCUT2D eigenvalue weighted by atomic mass is 9.77. The van der Waals surface area contributed by atoms with Crippen molar-refractivity contribution in [2.24, 2.45) is 0 Å². The lowest BCUT2D eigenvalue weighted by Crippen LogP contribution is -2.34. The zero-order valence-electron chi connectivity index (χ0n) is 11.9. The van der Waals surface area contributed by atoms with Gasteiger partial charge in [0.25, 0.3) is 0 Å². The molecule has 0 spiro atoms. The summed E-state index contributed by atoms with van der Waals surface area (Å²) < 4.78 is 23.7. The molecular weight excluding hydrogens is 258 g/mol. The fourth-order valence-electron chi connectivity index (χ4n) is 2.78. The fourth-order valence-corrected chi connectivity index (χ4v) is 3.55. The monoisotopic (exact) mass is 281 g/mol. The average Bonchev–Trinajstić information content (AvgIpc) is 2.28. The average molecular weight is 281 g/mol. The van der Waals surface area contributed by atoms with Gasteiger partial charge in [0.15, 0.2) is 9.84 Å². The van der Waals surface area contributed by atoms with Gasteiger partial charge in [0.2, 0.25) is 0 Å². The summed E-state index contributed by atoms with van der Waals surface area (Å²) in [5, 5.41) is 2.77. The van der Waals surface area contributed by atoms with E-state index >= 15 is 0 Å². The molecule has 1 fully saturated rings. The first kappa shape index (κ1) is 14.5. The lowest BCUT2D eigenvalue weighted by molar-refractivity contribution is 0.412. The van der Waals surface area contributed by atoms with E-state index in [9.17, 15) is 8.42 Å². The number of rotatable bonds is 5. The molecule has 1 saturated carbocycles. The first-order chi connectivity index (χ1) is 8.95. The first-order valence-corrected chi connectivity index (χ1v) is 8.85. The molecule has 0 heterocycles. The molecule has 0 bridgehead atoms. The van der Waals surface area contributed by atoms with Crippen molar-refractivity contribution in [3.63, 3.8) is 0 Å². The Bertz CT molecular complexity index is 535. The van der Waals surface area contributed by atoms with Crippen LogP contribution in [0.25, 0.3) is 0 Å². The quantitative estimate of drug-likeness (QED) is 0.902. The van der Waals surface area contributed by atoms with Crippen molar-refractivity contribution in [1.29, 1.82) is 0 Å². The summed E-state index contributed by atoms with van der Waals surface area (Å²) in [7, 11) is -1.22. The van der Waals surface area contributed by atoms with Gasteiger partial charge in [-0.25, -0.2) is 8.42 Å². The van der Waals surface area contributed by atoms with Crippen LogP contribution in [0.1, 0.15) is 49.3 Å². The van der Waals surface area contributed by atoms with Gasteiger partial charge in [0.05, 0.1) is 5.25 Å². The van der Waals surface area contributed by atoms with E-state index in [1.165, 1.54) is 31.1 Å². The van der Waals surface area contributed by atoms with Gasteiger partial charge in [-0.1, -0.05) is 30.7 Å². The van der Waals surface area contributed by atoms with Crippen molar-refractivity contribution < 1.29 is 8.42 Å². The summed E-state index contributed by atoms with van der Waals surface area (Å²) >= 11 is 0. The standard InChI is InChI=1S/C15H23NO2S/c1-11(19(3,17)18)15(16-2)14-10-5-4-9-13(14)12-7-6-8-12/h4-5,9-12,15-16H,6-8H2,1-3H3. The molecular formula is C15H23NO2S. The van der Waals surface area contributed by atoms with E-state index in [1.54, 1.807) is 6.92 Å². The molecule has 1 N–H and O–H groups in total. The molecule has 0 saturated heterocycles. The molecule has 0 radical (unpaired) electrons. The molecule has 0 amide bonds. The molecule has 2 unspecified atom stereocenters. The minimum Gasteiger partial charge on any atom is -0.312 e. The van der Waals surface area contributed by atoms with E-state index in [0.29, 0.717) is 5.92 Å². The highest BCUT2D eigenvalue weighted by atomic mass is 32.2. The Morgan fingerprint density at radius 3 is 2.37 bits per heavy atom. The second kappa shape index (κ2) is 5.63. The summed E-state index contributed by atoms with van der Waals surface area (Å²) in [6.07, 6.45) is 5.04. The van der Waals surface area contributed by atoms with Gasteiger partial charge in [0, 0.05) is 12.3 Å². The van der Waals surface area contributed by atoms with Crippen LogP contribution in [0.5, 0.6) is 0 Å². The number of hydrogen-bond acceptors (Lipinski definition) is 3. The highest BCUT2D eigenvalue weighted by molar-refractivity contribution is 7.91. The van der Waals surface area contributed by atoms with Gasteiger partial charge in [0.1, 0.15) is 0 Å². The third kappa shape index (κ3) is 3.00. The maximum atomic E-state index is 11.8. The maximum Gasteiger partial charge on any atom is 0.151 e. The summed E-state index contributed by atoms with van der Waals surface area (Å²) in [4.78, 5) is 0. The Morgan fingerprint density at radius 1 is 1.26 bits per heavy atom. The van der Waals surface area contributed by atoms with Crippen LogP contribution in [0.2, 0.25) is 0 Å². The second-order valence-electron chi connectivity index (χ2n) is 5.56. The molecule has 1 aliphatic carbocycles. The maximum absolute atomic E-state index is 11.8. The highest BCUT2D eigenvalue weighted by Crippen LogP contribution is 2.40. The van der Waals surface area contributed by atoms with E-state index < -0.39 is 15.1 Å². The fraction of sp³-hybridized carbons (Fsp3) is 0.600. The Balaban J connectivity index is 2.38. The molecule has 106 valence electrons. The molecule has 4 heteroatoms. The first-order valence-electron chi connectivity index (χ1n) is 6.90. The number of benzene rings is 1. The Hall–Kier alpha value is -0.870. The highest BCUT2D eigenvalue weighted by Gasteiger charge is 2.30. The number of hydrogen-bond donors (Lipinski definition) is 1. The molecule has 1 aliphatic rings. The van der Waals surface area contributed by atoms with Crippen molar-refractivity contribution in [2.75, 3.05) is 13.3 Å². The van der Waals surface area contributed by atoms with Crippen molar-refractivity contribution in [2.45, 2.75) is 43.4 Å². The molecule has 3 nitrogen and oxygen atoms in total. The van der Waals surface area contributed by atoms with Crippen molar-refractivity contribution >= 4 is 9.84 Å². The zero-order chi connectivity index (χ0) is 14.0. The van der Waals surface area contributed by atoms with Crippen LogP contribution >= 0.6 is 0 Å². The van der Waals surface area contributed by atoms with Gasteiger partial charge < -0.3 is 5.32 Å². The summed E-state index contributed by atoms with van der Waals surface area (Å²) in [5.74, 6) is 0.610. The van der Waals surface area contributed by atoms with Crippen LogP contribution in [0.3, 0.4) is 0 Å². The third-order valence-corrected chi connectivity index (χ3v) is 5.95. The second-order valence-corrected chi connectivity index (χ2v) is 7.96. The molecule has 0 aromatic heterocycles.